The number of nitrogens with two attached hydrogens (primary N) is 1. The molecule has 2 aromatic carbocycles. The lowest BCUT2D eigenvalue weighted by Gasteiger charge is -2.25. The highest BCUT2D eigenvalue weighted by atomic mass is 35.5. The van der Waals surface area contributed by atoms with E-state index >= 15 is 4.39 Å². The van der Waals surface area contributed by atoms with Gasteiger partial charge in [0.2, 0.25) is 5.67 Å². The van der Waals surface area contributed by atoms with Gasteiger partial charge in [-0.15, -0.1) is 0 Å². The molecule has 244 valence electrons. The number of aliphatic hydroxyl groups excluding tert-OH is 1. The fourth-order valence-electron chi connectivity index (χ4n) is 5.01. The van der Waals surface area contributed by atoms with E-state index in [1.807, 2.05) is 30.5 Å². The predicted molar refractivity (Wildman–Crippen MR) is 168 cm³/mol. The number of alkyl halides is 1. The molecule has 5 rings (SSSR count). The molecule has 46 heavy (non-hydrogen) atoms. The van der Waals surface area contributed by atoms with Crippen molar-refractivity contribution >= 4 is 53.1 Å². The lowest BCUT2D eigenvalue weighted by atomic mass is 9.97. The first-order valence-electron chi connectivity index (χ1n) is 14.5. The molecule has 0 bridgehead atoms. The maximum atomic E-state index is 16.5. The SMILES string of the molecule is CCCCCOC(=O)[C@H](C)NP(=O)(OC[C@H]1O[C@@H](n2cnc3c(N)ncnc32)[C@@](F)(C#CCl)[C@@H]1O)Oc1cccc2ccccc12. The normalized spacial score (nSPS) is 23.0. The van der Waals surface area contributed by atoms with Crippen LogP contribution in [0.15, 0.2) is 55.1 Å². The number of esters is 1. The Kier molecular flexibility index (Phi) is 10.4. The quantitative estimate of drug-likeness (QED) is 0.0777. The van der Waals surface area contributed by atoms with E-state index in [2.05, 4.69) is 26.0 Å². The summed E-state index contributed by atoms with van der Waals surface area (Å²) in [5.41, 5.74) is 3.38. The summed E-state index contributed by atoms with van der Waals surface area (Å²) in [7, 11) is -4.44. The molecule has 4 N–H and O–H groups in total. The van der Waals surface area contributed by atoms with Crippen molar-refractivity contribution in [2.75, 3.05) is 18.9 Å². The molecule has 0 spiro atoms. The van der Waals surface area contributed by atoms with Crippen molar-refractivity contribution in [2.45, 2.75) is 63.3 Å². The van der Waals surface area contributed by atoms with Gasteiger partial charge in [0.1, 0.15) is 35.8 Å². The van der Waals surface area contributed by atoms with Gasteiger partial charge in [-0.05, 0) is 42.3 Å². The summed E-state index contributed by atoms with van der Waals surface area (Å²) in [6.07, 6.45) is -0.149. The molecule has 1 aliphatic rings. The number of halogens is 2. The van der Waals surface area contributed by atoms with Crippen molar-refractivity contribution in [3.8, 4) is 17.0 Å². The van der Waals surface area contributed by atoms with E-state index < -0.39 is 50.5 Å². The summed E-state index contributed by atoms with van der Waals surface area (Å²) < 4.78 is 54.8. The van der Waals surface area contributed by atoms with E-state index in [4.69, 9.17) is 35.9 Å². The van der Waals surface area contributed by atoms with Crippen LogP contribution in [-0.2, 0) is 23.4 Å². The summed E-state index contributed by atoms with van der Waals surface area (Å²) in [5.74, 6) is 1.73. The van der Waals surface area contributed by atoms with Crippen LogP contribution in [0.5, 0.6) is 5.75 Å². The van der Waals surface area contributed by atoms with Crippen LogP contribution >= 0.6 is 19.3 Å². The highest BCUT2D eigenvalue weighted by Gasteiger charge is 2.58. The van der Waals surface area contributed by atoms with Crippen LogP contribution < -0.4 is 15.3 Å². The average Bonchev–Trinajstić information content (AvgIpc) is 3.57. The number of hydrogen-bond acceptors (Lipinski definition) is 11. The van der Waals surface area contributed by atoms with Crippen molar-refractivity contribution in [3.63, 3.8) is 0 Å². The first kappa shape index (κ1) is 33.5. The predicted octanol–water partition coefficient (Wildman–Crippen LogP) is 4.64. The zero-order chi connectivity index (χ0) is 32.9. The van der Waals surface area contributed by atoms with Gasteiger partial charge in [-0.1, -0.05) is 56.2 Å². The zero-order valence-corrected chi connectivity index (χ0v) is 26.7. The summed E-state index contributed by atoms with van der Waals surface area (Å²) in [4.78, 5) is 24.9. The van der Waals surface area contributed by atoms with Gasteiger partial charge in [-0.3, -0.25) is 13.9 Å². The number of hydrogen-bond donors (Lipinski definition) is 3. The van der Waals surface area contributed by atoms with Crippen LogP contribution in [0.4, 0.5) is 10.2 Å². The van der Waals surface area contributed by atoms with Gasteiger partial charge in [0.05, 0.1) is 19.5 Å². The number of rotatable bonds is 13. The third-order valence-corrected chi connectivity index (χ3v) is 9.12. The second kappa shape index (κ2) is 14.3. The molecular formula is C30H33ClFN6O7P. The molecule has 0 amide bonds. The van der Waals surface area contributed by atoms with Crippen LogP contribution in [0.2, 0.25) is 0 Å². The van der Waals surface area contributed by atoms with Crippen molar-refractivity contribution in [3.05, 3.63) is 55.1 Å². The molecule has 1 saturated heterocycles. The molecule has 0 radical (unpaired) electrons. The van der Waals surface area contributed by atoms with E-state index in [0.29, 0.717) is 11.8 Å². The standard InChI is InChI=1S/C30H33ClFN6O7P/c1-3-4-7-15-42-28(40)19(2)37-46(41,45-22-12-8-10-20-9-5-6-11-21(20)22)43-16-23-25(39)30(32,13-14-31)29(44-23)38-18-36-24-26(33)34-17-35-27(24)38/h5-6,8-12,17-19,23,25,29,39H,3-4,7,15-16H2,1-2H3,(H,37,41)(H2,33,34,35)/t19-,23+,25+,29+,30+,46?/m0/s1. The molecule has 1 aliphatic heterocycles. The fraction of sp³-hybridized carbons (Fsp3) is 0.400. The number of aliphatic hydroxyl groups is 1. The second-order valence-electron chi connectivity index (χ2n) is 10.6. The summed E-state index contributed by atoms with van der Waals surface area (Å²) in [5, 5.41) is 17.1. The maximum Gasteiger partial charge on any atom is 0.459 e. The Balaban J connectivity index is 1.41. The van der Waals surface area contributed by atoms with Gasteiger partial charge in [0, 0.05) is 10.8 Å². The second-order valence-corrected chi connectivity index (χ2v) is 12.5. The Hall–Kier alpha value is -3.83. The van der Waals surface area contributed by atoms with Crippen LogP contribution in [-0.4, -0.2) is 67.7 Å². The van der Waals surface area contributed by atoms with Crippen LogP contribution in [0.25, 0.3) is 21.9 Å². The van der Waals surface area contributed by atoms with Crippen LogP contribution in [0.3, 0.4) is 0 Å². The highest BCUT2D eigenvalue weighted by Crippen LogP contribution is 2.49. The Morgan fingerprint density at radius 3 is 2.83 bits per heavy atom. The molecule has 0 saturated carbocycles. The highest BCUT2D eigenvalue weighted by molar-refractivity contribution is 7.52. The average molecular weight is 675 g/mol. The van der Waals surface area contributed by atoms with Crippen LogP contribution in [0, 0.1) is 11.3 Å². The number of nitrogens with one attached hydrogen (secondary N) is 1. The van der Waals surface area contributed by atoms with E-state index in [9.17, 15) is 14.5 Å². The number of carbonyl (C=O) groups is 1. The topological polar surface area (TPSA) is 173 Å². The minimum atomic E-state index is -4.44. The lowest BCUT2D eigenvalue weighted by molar-refractivity contribution is -0.145. The Morgan fingerprint density at radius 2 is 2.04 bits per heavy atom. The third kappa shape index (κ3) is 6.95. The Labute approximate surface area is 269 Å². The Bertz CT molecular complexity index is 1810. The third-order valence-electron chi connectivity index (χ3n) is 7.40. The molecule has 2 aromatic heterocycles. The minimum Gasteiger partial charge on any atom is -0.465 e. The molecule has 1 unspecified atom stereocenters. The monoisotopic (exact) mass is 674 g/mol. The van der Waals surface area contributed by atoms with E-state index in [0.717, 1.165) is 24.6 Å². The molecule has 3 heterocycles. The summed E-state index contributed by atoms with van der Waals surface area (Å²) in [6.45, 7) is 3.00. The molecule has 0 aliphatic carbocycles. The number of carbonyl (C=O) groups excluding carboxylic acids is 1. The largest absolute Gasteiger partial charge is 0.465 e. The number of ether oxygens (including phenoxy) is 2. The number of unbranched alkanes of at least 4 members (excludes halogenated alkanes) is 2. The van der Waals surface area contributed by atoms with Gasteiger partial charge in [-0.25, -0.2) is 23.9 Å². The number of fused-ring (bicyclic) bond motifs is 2. The van der Waals surface area contributed by atoms with Gasteiger partial charge in [-0.2, -0.15) is 5.09 Å². The first-order chi connectivity index (χ1) is 22.1. The number of anilines is 1. The Morgan fingerprint density at radius 1 is 1.26 bits per heavy atom. The summed E-state index contributed by atoms with van der Waals surface area (Å²) in [6, 6.07) is 11.2. The van der Waals surface area contributed by atoms with Gasteiger partial charge in [0.15, 0.2) is 17.7 Å². The number of aromatic nitrogens is 4. The van der Waals surface area contributed by atoms with Gasteiger partial charge >= 0.3 is 13.7 Å². The lowest BCUT2D eigenvalue weighted by Crippen LogP contribution is -2.42. The minimum absolute atomic E-state index is 0.0469. The zero-order valence-electron chi connectivity index (χ0n) is 25.0. The number of benzene rings is 2. The number of nitrogen functional groups attached to an aromatic ring is 1. The number of nitrogens with zero attached hydrogens (tertiary/aromatic N) is 4. The molecule has 16 heteroatoms. The molecular weight excluding hydrogens is 642 g/mol. The molecule has 4 aromatic rings. The van der Waals surface area contributed by atoms with Crippen molar-refractivity contribution in [1.82, 2.24) is 24.6 Å². The van der Waals surface area contributed by atoms with Crippen molar-refractivity contribution < 1.29 is 37.4 Å². The summed E-state index contributed by atoms with van der Waals surface area (Å²) >= 11 is 5.59. The van der Waals surface area contributed by atoms with Crippen molar-refractivity contribution in [1.29, 1.82) is 0 Å². The maximum absolute atomic E-state index is 16.5. The fourth-order valence-corrected chi connectivity index (χ4v) is 6.68. The molecule has 6 atom stereocenters. The van der Waals surface area contributed by atoms with Gasteiger partial charge < -0.3 is 24.8 Å². The van der Waals surface area contributed by atoms with Crippen LogP contribution in [0.1, 0.15) is 39.3 Å². The smallest absolute Gasteiger partial charge is 0.459 e. The molecule has 13 nitrogen and oxygen atoms in total. The first-order valence-corrected chi connectivity index (χ1v) is 16.5. The van der Waals surface area contributed by atoms with Gasteiger partial charge in [0.25, 0.3) is 0 Å². The van der Waals surface area contributed by atoms with Crippen molar-refractivity contribution in [2.24, 2.45) is 0 Å². The van der Waals surface area contributed by atoms with E-state index in [1.54, 1.807) is 24.3 Å². The number of imidazole rings is 1. The van der Waals surface area contributed by atoms with E-state index in [1.165, 1.54) is 17.8 Å². The van der Waals surface area contributed by atoms with E-state index in [-0.39, 0.29) is 29.3 Å². The molecule has 1 fully saturated rings.